The van der Waals surface area contributed by atoms with Crippen LogP contribution in [0, 0.1) is 24.0 Å². The number of rotatable bonds is 6. The van der Waals surface area contributed by atoms with E-state index in [1.54, 1.807) is 6.07 Å². The summed E-state index contributed by atoms with van der Waals surface area (Å²) in [5, 5.41) is 14.3. The number of nitro benzene ring substituents is 1. The Labute approximate surface area is 109 Å². The predicted octanol–water partition coefficient (Wildman–Crippen LogP) is 4.20. The minimum Gasteiger partial charge on any atom is -0.377 e. The van der Waals surface area contributed by atoms with E-state index >= 15 is 0 Å². The molecule has 0 aromatic heterocycles. The molecule has 0 aliphatic rings. The molecule has 1 unspecified atom stereocenters. The van der Waals surface area contributed by atoms with E-state index in [2.05, 4.69) is 19.2 Å². The highest BCUT2D eigenvalue weighted by molar-refractivity contribution is 5.64. The van der Waals surface area contributed by atoms with Gasteiger partial charge in [0.25, 0.3) is 5.69 Å². The number of nitro groups is 1. The first-order valence-electron chi connectivity index (χ1n) is 6.47. The summed E-state index contributed by atoms with van der Waals surface area (Å²) in [6.07, 6.45) is 3.30. The van der Waals surface area contributed by atoms with Crippen LogP contribution in [0.1, 0.15) is 44.2 Å². The Bertz CT molecular complexity index is 430. The standard InChI is InChI=1S/C14H22N2O2/c1-5-6-7-12(4)15-13-8-10(2)11(3)9-14(13)16(17)18/h8-9,12,15H,5-7H2,1-4H3. The van der Waals surface area contributed by atoms with E-state index in [0.29, 0.717) is 5.69 Å². The SMILES string of the molecule is CCCCC(C)Nc1cc(C)c(C)cc1[N+](=O)[O-]. The fourth-order valence-electron chi connectivity index (χ4n) is 1.92. The first kappa shape index (κ1) is 14.5. The lowest BCUT2D eigenvalue weighted by Gasteiger charge is -2.16. The average Bonchev–Trinajstić information content (AvgIpc) is 2.30. The molecule has 1 aromatic carbocycles. The summed E-state index contributed by atoms with van der Waals surface area (Å²) in [6.45, 7) is 8.08. The quantitative estimate of drug-likeness (QED) is 0.608. The van der Waals surface area contributed by atoms with Crippen molar-refractivity contribution in [2.45, 2.75) is 53.0 Å². The first-order valence-corrected chi connectivity index (χ1v) is 6.47. The number of aryl methyl sites for hydroxylation is 2. The largest absolute Gasteiger partial charge is 0.377 e. The van der Waals surface area contributed by atoms with Gasteiger partial charge < -0.3 is 5.32 Å². The third kappa shape index (κ3) is 3.72. The van der Waals surface area contributed by atoms with Crippen molar-refractivity contribution < 1.29 is 4.92 Å². The highest BCUT2D eigenvalue weighted by atomic mass is 16.6. The molecule has 0 bridgehead atoms. The monoisotopic (exact) mass is 250 g/mol. The molecule has 0 fully saturated rings. The lowest BCUT2D eigenvalue weighted by atomic mass is 10.1. The van der Waals surface area contributed by atoms with Gasteiger partial charge in [-0.05, 0) is 44.4 Å². The van der Waals surface area contributed by atoms with Crippen molar-refractivity contribution in [2.75, 3.05) is 5.32 Å². The second-order valence-electron chi connectivity index (χ2n) is 4.90. The van der Waals surface area contributed by atoms with Crippen LogP contribution in [0.3, 0.4) is 0 Å². The molecular weight excluding hydrogens is 228 g/mol. The molecule has 4 heteroatoms. The molecule has 0 amide bonds. The Morgan fingerprint density at radius 2 is 1.94 bits per heavy atom. The van der Waals surface area contributed by atoms with Crippen LogP contribution in [0.25, 0.3) is 0 Å². The minimum absolute atomic E-state index is 0.168. The Balaban J connectivity index is 2.93. The number of nitrogens with zero attached hydrogens (tertiary/aromatic N) is 1. The molecule has 1 N–H and O–H groups in total. The zero-order valence-electron chi connectivity index (χ0n) is 11.6. The molecule has 1 aromatic rings. The van der Waals surface area contributed by atoms with Crippen LogP contribution in [0.5, 0.6) is 0 Å². The van der Waals surface area contributed by atoms with Gasteiger partial charge in [-0.2, -0.15) is 0 Å². The van der Waals surface area contributed by atoms with Crippen LogP contribution < -0.4 is 5.32 Å². The molecule has 1 rings (SSSR count). The summed E-state index contributed by atoms with van der Waals surface area (Å²) >= 11 is 0. The number of benzene rings is 1. The van der Waals surface area contributed by atoms with Gasteiger partial charge in [0, 0.05) is 12.1 Å². The molecule has 100 valence electrons. The summed E-state index contributed by atoms with van der Waals surface area (Å²) in [4.78, 5) is 10.7. The first-order chi connectivity index (χ1) is 8.45. The Morgan fingerprint density at radius 3 is 2.50 bits per heavy atom. The smallest absolute Gasteiger partial charge is 0.292 e. The van der Waals surface area contributed by atoms with Crippen LogP contribution in [0.2, 0.25) is 0 Å². The molecule has 0 radical (unpaired) electrons. The van der Waals surface area contributed by atoms with Crippen molar-refractivity contribution >= 4 is 11.4 Å². The summed E-state index contributed by atoms with van der Waals surface area (Å²) < 4.78 is 0. The van der Waals surface area contributed by atoms with Crippen LogP contribution in [-0.4, -0.2) is 11.0 Å². The van der Waals surface area contributed by atoms with Crippen molar-refractivity contribution in [1.29, 1.82) is 0 Å². The molecule has 4 nitrogen and oxygen atoms in total. The fourth-order valence-corrected chi connectivity index (χ4v) is 1.92. The van der Waals surface area contributed by atoms with E-state index < -0.39 is 0 Å². The summed E-state index contributed by atoms with van der Waals surface area (Å²) in [5.41, 5.74) is 2.83. The zero-order valence-corrected chi connectivity index (χ0v) is 11.6. The van der Waals surface area contributed by atoms with Gasteiger partial charge in [-0.3, -0.25) is 10.1 Å². The van der Waals surface area contributed by atoms with Gasteiger partial charge >= 0.3 is 0 Å². The third-order valence-electron chi connectivity index (χ3n) is 3.20. The molecule has 0 heterocycles. The maximum Gasteiger partial charge on any atom is 0.292 e. The fraction of sp³-hybridized carbons (Fsp3) is 0.571. The van der Waals surface area contributed by atoms with Gasteiger partial charge in [-0.25, -0.2) is 0 Å². The van der Waals surface area contributed by atoms with Gasteiger partial charge in [-0.1, -0.05) is 19.8 Å². The van der Waals surface area contributed by atoms with Crippen molar-refractivity contribution in [2.24, 2.45) is 0 Å². The third-order valence-corrected chi connectivity index (χ3v) is 3.20. The summed E-state index contributed by atoms with van der Waals surface area (Å²) in [5.74, 6) is 0. The Morgan fingerprint density at radius 1 is 1.33 bits per heavy atom. The van der Waals surface area contributed by atoms with Crippen molar-refractivity contribution in [1.82, 2.24) is 0 Å². The van der Waals surface area contributed by atoms with Crippen LogP contribution in [0.15, 0.2) is 12.1 Å². The maximum absolute atomic E-state index is 11.0. The van der Waals surface area contributed by atoms with Crippen molar-refractivity contribution in [3.05, 3.63) is 33.4 Å². The minimum atomic E-state index is -0.318. The van der Waals surface area contributed by atoms with Gasteiger partial charge in [0.2, 0.25) is 0 Å². The van der Waals surface area contributed by atoms with Crippen LogP contribution >= 0.6 is 0 Å². The van der Waals surface area contributed by atoms with Crippen LogP contribution in [-0.2, 0) is 0 Å². The van der Waals surface area contributed by atoms with Gasteiger partial charge in [0.1, 0.15) is 5.69 Å². The molecular formula is C14H22N2O2. The topological polar surface area (TPSA) is 55.2 Å². The number of nitrogens with one attached hydrogen (secondary N) is 1. The van der Waals surface area contributed by atoms with Gasteiger partial charge in [0.15, 0.2) is 0 Å². The highest BCUT2D eigenvalue weighted by Gasteiger charge is 2.16. The van der Waals surface area contributed by atoms with Crippen LogP contribution in [0.4, 0.5) is 11.4 Å². The predicted molar refractivity (Wildman–Crippen MR) is 75.2 cm³/mol. The van der Waals surface area contributed by atoms with Crippen molar-refractivity contribution in [3.63, 3.8) is 0 Å². The van der Waals surface area contributed by atoms with Crippen molar-refractivity contribution in [3.8, 4) is 0 Å². The Hall–Kier alpha value is -1.58. The maximum atomic E-state index is 11.0. The Kier molecular flexibility index (Phi) is 5.13. The second-order valence-corrected chi connectivity index (χ2v) is 4.90. The molecule has 1 atom stereocenters. The summed E-state index contributed by atoms with van der Waals surface area (Å²) in [6, 6.07) is 3.77. The number of unbranched alkanes of at least 4 members (excludes halogenated alkanes) is 1. The van der Waals surface area contributed by atoms with E-state index in [1.807, 2.05) is 19.9 Å². The van der Waals surface area contributed by atoms with Gasteiger partial charge in [-0.15, -0.1) is 0 Å². The molecule has 0 spiro atoms. The van der Waals surface area contributed by atoms with Gasteiger partial charge in [0.05, 0.1) is 4.92 Å². The molecule has 18 heavy (non-hydrogen) atoms. The molecule has 0 aliphatic heterocycles. The lowest BCUT2D eigenvalue weighted by Crippen LogP contribution is -2.16. The van der Waals surface area contributed by atoms with E-state index in [-0.39, 0.29) is 16.7 Å². The normalized spacial score (nSPS) is 12.2. The second kappa shape index (κ2) is 6.38. The van der Waals surface area contributed by atoms with E-state index in [1.165, 1.54) is 0 Å². The lowest BCUT2D eigenvalue weighted by molar-refractivity contribution is -0.384. The van der Waals surface area contributed by atoms with E-state index in [4.69, 9.17) is 0 Å². The molecule has 0 saturated heterocycles. The zero-order chi connectivity index (χ0) is 13.7. The number of hydrogen-bond acceptors (Lipinski definition) is 3. The number of hydrogen-bond donors (Lipinski definition) is 1. The molecule has 0 saturated carbocycles. The summed E-state index contributed by atoms with van der Waals surface area (Å²) in [7, 11) is 0. The number of anilines is 1. The van der Waals surface area contributed by atoms with E-state index in [0.717, 1.165) is 30.4 Å². The molecule has 0 aliphatic carbocycles. The highest BCUT2D eigenvalue weighted by Crippen LogP contribution is 2.28. The average molecular weight is 250 g/mol. The van der Waals surface area contributed by atoms with E-state index in [9.17, 15) is 10.1 Å².